The van der Waals surface area contributed by atoms with Gasteiger partial charge in [-0.05, 0) is 63.1 Å². The monoisotopic (exact) mass is 729 g/mol. The number of nitrogens with one attached hydrogen (secondary N) is 1. The summed E-state index contributed by atoms with van der Waals surface area (Å²) in [4.78, 5) is 34.2. The van der Waals surface area contributed by atoms with Crippen LogP contribution in [-0.2, 0) is 24.3 Å². The van der Waals surface area contributed by atoms with Gasteiger partial charge < -0.3 is 29.5 Å². The molecule has 0 spiro atoms. The van der Waals surface area contributed by atoms with Crippen LogP contribution in [0.4, 0.5) is 23.7 Å². The molecule has 1 aromatic heterocycles. The number of methoxy groups -OCH3 is 1. The highest BCUT2D eigenvalue weighted by Gasteiger charge is 2.55. The predicted octanol–water partition coefficient (Wildman–Crippen LogP) is 4.35. The molecule has 2 aromatic carbocycles. The number of ether oxygens (including phenoxy) is 3. The number of morpholine rings is 1. The maximum absolute atomic E-state index is 13.8. The van der Waals surface area contributed by atoms with E-state index in [1.54, 1.807) is 33.8 Å². The van der Waals surface area contributed by atoms with Crippen LogP contribution in [0.1, 0.15) is 43.8 Å². The largest absolute Gasteiger partial charge is 0.516 e. The zero-order valence-electron chi connectivity index (χ0n) is 27.2. The molecule has 1 saturated heterocycles. The summed E-state index contributed by atoms with van der Waals surface area (Å²) < 4.78 is 83.4. The van der Waals surface area contributed by atoms with Crippen LogP contribution >= 0.6 is 11.6 Å². The first kappa shape index (κ1) is 36.2. The van der Waals surface area contributed by atoms with E-state index in [4.69, 9.17) is 25.8 Å². The molecule has 0 saturated carbocycles. The van der Waals surface area contributed by atoms with Crippen molar-refractivity contribution in [1.29, 1.82) is 0 Å². The molecular formula is C31H35ClF3N5O8S. The third-order valence-corrected chi connectivity index (χ3v) is 9.56. The van der Waals surface area contributed by atoms with Crippen LogP contribution in [0.2, 0.25) is 5.02 Å². The van der Waals surface area contributed by atoms with Crippen molar-refractivity contribution >= 4 is 55.9 Å². The van der Waals surface area contributed by atoms with Crippen LogP contribution in [0.5, 0.6) is 5.75 Å². The third kappa shape index (κ3) is 7.15. The zero-order valence-corrected chi connectivity index (χ0v) is 28.8. The molecule has 1 atom stereocenters. The smallest absolute Gasteiger partial charge is 0.495 e. The van der Waals surface area contributed by atoms with Gasteiger partial charge in [-0.25, -0.2) is 18.7 Å². The Morgan fingerprint density at radius 1 is 1.16 bits per heavy atom. The third-order valence-electron chi connectivity index (χ3n) is 7.81. The van der Waals surface area contributed by atoms with Gasteiger partial charge in [-0.15, -0.1) is 0 Å². The summed E-state index contributed by atoms with van der Waals surface area (Å²) in [7, 11) is -4.79. The SMILES string of the molecule is COc1ccc([C@H](O)CNC2=C(c3nc4c(C)cc(N5CCOCC5)cc4n3C(=O)OC(C)(C)C)C(=O)N(S(=O)(=O)C(F)(F)F)C2)cc1Cl. The molecule has 13 nitrogen and oxygen atoms in total. The number of aromatic nitrogens is 2. The van der Waals surface area contributed by atoms with Crippen molar-refractivity contribution in [3.63, 3.8) is 0 Å². The van der Waals surface area contributed by atoms with Gasteiger partial charge in [0.05, 0.1) is 49.0 Å². The van der Waals surface area contributed by atoms with Gasteiger partial charge in [-0.3, -0.25) is 4.79 Å². The van der Waals surface area contributed by atoms with Crippen molar-refractivity contribution in [3.8, 4) is 5.75 Å². The van der Waals surface area contributed by atoms with Crippen molar-refractivity contribution in [2.75, 3.05) is 51.4 Å². The number of carbonyl (C=O) groups excluding carboxylic acids is 2. The quantitative estimate of drug-likeness (QED) is 0.340. The summed E-state index contributed by atoms with van der Waals surface area (Å²) in [5.74, 6) is -1.69. The molecule has 0 radical (unpaired) electrons. The Morgan fingerprint density at radius 2 is 1.84 bits per heavy atom. The van der Waals surface area contributed by atoms with Crippen molar-refractivity contribution < 1.29 is 50.5 Å². The van der Waals surface area contributed by atoms with E-state index in [9.17, 15) is 36.3 Å². The molecule has 2 aliphatic heterocycles. The van der Waals surface area contributed by atoms with Crippen LogP contribution in [0, 0.1) is 6.92 Å². The summed E-state index contributed by atoms with van der Waals surface area (Å²) in [5.41, 5.74) is -5.88. The van der Waals surface area contributed by atoms with Gasteiger partial charge in [0.15, 0.2) is 5.82 Å². The van der Waals surface area contributed by atoms with Gasteiger partial charge in [-0.2, -0.15) is 21.6 Å². The lowest BCUT2D eigenvalue weighted by Gasteiger charge is -2.29. The number of aliphatic hydroxyl groups is 1. The van der Waals surface area contributed by atoms with Gasteiger partial charge in [-0.1, -0.05) is 17.7 Å². The number of alkyl halides is 3. The first-order chi connectivity index (χ1) is 22.8. The Balaban J connectivity index is 1.67. The normalized spacial score (nSPS) is 16.8. The number of nitrogens with zero attached hydrogens (tertiary/aromatic N) is 4. The number of fused-ring (bicyclic) bond motifs is 1. The van der Waals surface area contributed by atoms with Gasteiger partial charge in [0.2, 0.25) is 0 Å². The summed E-state index contributed by atoms with van der Waals surface area (Å²) in [6.45, 7) is 7.05. The summed E-state index contributed by atoms with van der Waals surface area (Å²) in [5, 5.41) is 13.8. The molecule has 49 heavy (non-hydrogen) atoms. The Hall–Kier alpha value is -4.06. The number of amides is 1. The molecule has 2 aliphatic rings. The lowest BCUT2D eigenvalue weighted by atomic mass is 10.1. The zero-order chi connectivity index (χ0) is 36.1. The minimum absolute atomic E-state index is 0.176. The van der Waals surface area contributed by atoms with E-state index in [0.717, 1.165) is 4.57 Å². The fourth-order valence-electron chi connectivity index (χ4n) is 5.46. The van der Waals surface area contributed by atoms with Gasteiger partial charge >= 0.3 is 21.6 Å². The van der Waals surface area contributed by atoms with Crippen LogP contribution in [0.15, 0.2) is 36.0 Å². The van der Waals surface area contributed by atoms with E-state index in [0.29, 0.717) is 43.3 Å². The molecule has 2 N–H and O–H groups in total. The highest BCUT2D eigenvalue weighted by atomic mass is 35.5. The molecule has 266 valence electrons. The minimum atomic E-state index is -6.19. The highest BCUT2D eigenvalue weighted by molar-refractivity contribution is 7.90. The number of carbonyl (C=O) groups is 2. The van der Waals surface area contributed by atoms with Crippen molar-refractivity contribution in [2.45, 2.75) is 44.9 Å². The highest BCUT2D eigenvalue weighted by Crippen LogP contribution is 2.38. The Labute approximate surface area is 285 Å². The average molecular weight is 730 g/mol. The van der Waals surface area contributed by atoms with Crippen LogP contribution in [-0.4, -0.2) is 97.0 Å². The minimum Gasteiger partial charge on any atom is -0.495 e. The Bertz CT molecular complexity index is 1940. The fraction of sp³-hybridized carbons (Fsp3) is 0.452. The number of benzene rings is 2. The number of halogens is 4. The van der Waals surface area contributed by atoms with Gasteiger partial charge in [0, 0.05) is 31.0 Å². The molecule has 5 rings (SSSR count). The number of hydrogen-bond acceptors (Lipinski definition) is 11. The van der Waals surface area contributed by atoms with E-state index < -0.39 is 63.7 Å². The lowest BCUT2D eigenvalue weighted by Crippen LogP contribution is -2.43. The summed E-state index contributed by atoms with van der Waals surface area (Å²) >= 11 is 6.19. The Morgan fingerprint density at radius 3 is 2.43 bits per heavy atom. The number of anilines is 1. The number of imidazole rings is 1. The standard InChI is InChI=1S/C31H35ClF3N5O8S/c1-17-12-19(38-8-10-47-11-9-38)14-22-26(17)37-27(40(22)29(43)48-30(2,3)4)25-21(16-39(28(25)42)49(44,45)31(33,34)35)36-15-23(41)18-6-7-24(46-5)20(32)13-18/h6-7,12-14,23,36,41H,8-11,15-16H2,1-5H3/t23-/m1/s1. The van der Waals surface area contributed by atoms with Gasteiger partial charge in [0.1, 0.15) is 16.9 Å². The van der Waals surface area contributed by atoms with E-state index in [-0.39, 0.29) is 31.6 Å². The molecule has 0 unspecified atom stereocenters. The van der Waals surface area contributed by atoms with Crippen LogP contribution < -0.4 is 15.0 Å². The first-order valence-corrected chi connectivity index (χ1v) is 16.9. The maximum Gasteiger partial charge on any atom is 0.516 e. The van der Waals surface area contributed by atoms with Crippen LogP contribution in [0.25, 0.3) is 16.6 Å². The average Bonchev–Trinajstić information content (AvgIpc) is 3.56. The number of rotatable bonds is 8. The Kier molecular flexibility index (Phi) is 9.86. The lowest BCUT2D eigenvalue weighted by molar-refractivity contribution is -0.121. The molecule has 18 heteroatoms. The molecule has 1 fully saturated rings. The van der Waals surface area contributed by atoms with E-state index in [1.165, 1.54) is 25.3 Å². The van der Waals surface area contributed by atoms with Crippen molar-refractivity contribution in [1.82, 2.24) is 19.2 Å². The second-order valence-electron chi connectivity index (χ2n) is 12.4. The molecule has 3 heterocycles. The van der Waals surface area contributed by atoms with E-state index >= 15 is 0 Å². The second kappa shape index (κ2) is 13.3. The number of aryl methyl sites for hydroxylation is 1. The van der Waals surface area contributed by atoms with Crippen molar-refractivity contribution in [3.05, 3.63) is 58.0 Å². The first-order valence-electron chi connectivity index (χ1n) is 15.1. The number of aliphatic hydroxyl groups excluding tert-OH is 1. The predicted molar refractivity (Wildman–Crippen MR) is 174 cm³/mol. The second-order valence-corrected chi connectivity index (χ2v) is 14.6. The number of hydrogen-bond donors (Lipinski definition) is 2. The topological polar surface area (TPSA) is 153 Å². The fourth-order valence-corrected chi connectivity index (χ4v) is 6.59. The molecule has 0 aliphatic carbocycles. The summed E-state index contributed by atoms with van der Waals surface area (Å²) in [6.07, 6.45) is -2.34. The summed E-state index contributed by atoms with van der Waals surface area (Å²) in [6, 6.07) is 7.87. The number of sulfonamides is 1. The maximum atomic E-state index is 13.8. The molecule has 1 amide bonds. The van der Waals surface area contributed by atoms with Crippen LogP contribution in [0.3, 0.4) is 0 Å². The van der Waals surface area contributed by atoms with Gasteiger partial charge in [0.25, 0.3) is 5.91 Å². The molecule has 0 bridgehead atoms. The van der Waals surface area contributed by atoms with E-state index in [1.807, 2.05) is 11.0 Å². The molecular weight excluding hydrogens is 695 g/mol. The molecule has 3 aromatic rings. The van der Waals surface area contributed by atoms with E-state index in [2.05, 4.69) is 10.3 Å². The van der Waals surface area contributed by atoms with Crippen molar-refractivity contribution in [2.24, 2.45) is 0 Å².